The largest absolute Gasteiger partial charge is 0.391 e. The highest BCUT2D eigenvalue weighted by molar-refractivity contribution is 5.82. The Morgan fingerprint density at radius 3 is 1.92 bits per heavy atom. The van der Waals surface area contributed by atoms with Crippen LogP contribution in [0.5, 0.6) is 0 Å². The lowest BCUT2D eigenvalue weighted by molar-refractivity contribution is -0.121. The molecule has 0 radical (unpaired) electrons. The van der Waals surface area contributed by atoms with E-state index in [9.17, 15) is 9.90 Å². The number of Topliss-reactive ketones (excluding diaryl/α,β-unsaturated/α-hetero) is 1. The summed E-state index contributed by atoms with van der Waals surface area (Å²) >= 11 is 0. The highest BCUT2D eigenvalue weighted by Gasteiger charge is 2.24. The van der Waals surface area contributed by atoms with Crippen molar-refractivity contribution < 1.29 is 9.90 Å². The monoisotopic (exact) mass is 173 g/mol. The van der Waals surface area contributed by atoms with Crippen LogP contribution >= 0.6 is 0 Å². The molecule has 0 aromatic heterocycles. The molecule has 3 heteroatoms. The summed E-state index contributed by atoms with van der Waals surface area (Å²) in [6.07, 6.45) is -0.637. The first kappa shape index (κ1) is 11.6. The van der Waals surface area contributed by atoms with Gasteiger partial charge in [-0.15, -0.1) is 0 Å². The second-order valence-electron chi connectivity index (χ2n) is 4.22. The molecule has 0 aliphatic carbocycles. The molecule has 0 aromatic carbocycles. The minimum atomic E-state index is -0.637. The second-order valence-corrected chi connectivity index (χ2v) is 4.22. The molecule has 0 saturated heterocycles. The fourth-order valence-electron chi connectivity index (χ4n) is 1.03. The van der Waals surface area contributed by atoms with Crippen LogP contribution < -0.4 is 5.32 Å². The molecule has 0 aliphatic heterocycles. The minimum absolute atomic E-state index is 0.0278. The first-order valence-corrected chi connectivity index (χ1v) is 4.20. The molecule has 3 nitrogen and oxygen atoms in total. The van der Waals surface area contributed by atoms with E-state index in [0.717, 1.165) is 0 Å². The number of ketones is 1. The molecule has 72 valence electrons. The van der Waals surface area contributed by atoms with Gasteiger partial charge in [0.25, 0.3) is 0 Å². The molecule has 1 unspecified atom stereocenters. The Labute approximate surface area is 74.2 Å². The van der Waals surface area contributed by atoms with E-state index < -0.39 is 12.1 Å². The Morgan fingerprint density at radius 2 is 1.83 bits per heavy atom. The maximum atomic E-state index is 11.0. The van der Waals surface area contributed by atoms with Gasteiger partial charge in [-0.2, -0.15) is 0 Å². The van der Waals surface area contributed by atoms with E-state index in [1.165, 1.54) is 6.92 Å². The van der Waals surface area contributed by atoms with Crippen LogP contribution in [0.3, 0.4) is 0 Å². The van der Waals surface area contributed by atoms with Crippen molar-refractivity contribution in [1.29, 1.82) is 0 Å². The maximum Gasteiger partial charge on any atom is 0.149 e. The predicted octanol–water partition coefficient (Wildman–Crippen LogP) is 0.713. The Morgan fingerprint density at radius 1 is 1.42 bits per heavy atom. The topological polar surface area (TPSA) is 49.3 Å². The molecular formula is C9H19NO2. The maximum absolute atomic E-state index is 11.0. The first-order valence-electron chi connectivity index (χ1n) is 4.20. The van der Waals surface area contributed by atoms with Gasteiger partial charge in [0.1, 0.15) is 5.78 Å². The molecule has 0 fully saturated rings. The van der Waals surface area contributed by atoms with Crippen LogP contribution in [0.2, 0.25) is 0 Å². The number of nitrogens with one attached hydrogen (secondary N) is 1. The lowest BCUT2D eigenvalue weighted by atomic mass is 10.0. The van der Waals surface area contributed by atoms with E-state index in [4.69, 9.17) is 0 Å². The molecule has 0 saturated carbocycles. The molecule has 0 rings (SSSR count). The molecule has 0 aromatic rings. The summed E-state index contributed by atoms with van der Waals surface area (Å²) in [5.41, 5.74) is -0.146. The number of hydrogen-bond acceptors (Lipinski definition) is 3. The van der Waals surface area contributed by atoms with Crippen molar-refractivity contribution in [2.75, 3.05) is 0 Å². The summed E-state index contributed by atoms with van der Waals surface area (Å²) in [5, 5.41) is 12.3. The van der Waals surface area contributed by atoms with Gasteiger partial charge in [-0.3, -0.25) is 4.79 Å². The van der Waals surface area contributed by atoms with E-state index in [2.05, 4.69) is 5.32 Å². The summed E-state index contributed by atoms with van der Waals surface area (Å²) in [5.74, 6) is -0.0278. The van der Waals surface area contributed by atoms with Crippen molar-refractivity contribution in [2.24, 2.45) is 0 Å². The van der Waals surface area contributed by atoms with Crippen LogP contribution in [-0.2, 0) is 4.79 Å². The third kappa shape index (κ3) is 4.46. The molecule has 0 aliphatic rings. The Hall–Kier alpha value is -0.410. The molecule has 2 atom stereocenters. The number of rotatable bonds is 3. The summed E-state index contributed by atoms with van der Waals surface area (Å²) in [6.45, 7) is 8.99. The van der Waals surface area contributed by atoms with Gasteiger partial charge in [-0.05, 0) is 34.6 Å². The number of carbonyl (C=O) groups excluding carboxylic acids is 1. The lowest BCUT2D eigenvalue weighted by Crippen LogP contribution is -2.52. The van der Waals surface area contributed by atoms with Gasteiger partial charge in [0, 0.05) is 5.54 Å². The highest BCUT2D eigenvalue weighted by Crippen LogP contribution is 2.04. The van der Waals surface area contributed by atoms with Crippen molar-refractivity contribution in [3.63, 3.8) is 0 Å². The lowest BCUT2D eigenvalue weighted by Gasteiger charge is -2.28. The van der Waals surface area contributed by atoms with Crippen LogP contribution in [0.4, 0.5) is 0 Å². The molecule has 0 bridgehead atoms. The quantitative estimate of drug-likeness (QED) is 0.661. The molecule has 0 spiro atoms. The van der Waals surface area contributed by atoms with Crippen LogP contribution in [-0.4, -0.2) is 28.6 Å². The summed E-state index contributed by atoms with van der Waals surface area (Å²) in [4.78, 5) is 11.0. The van der Waals surface area contributed by atoms with Crippen LogP contribution in [0, 0.1) is 0 Å². The predicted molar refractivity (Wildman–Crippen MR) is 49.0 cm³/mol. The van der Waals surface area contributed by atoms with Gasteiger partial charge in [-0.25, -0.2) is 0 Å². The molecule has 12 heavy (non-hydrogen) atoms. The molecule has 0 amide bonds. The smallest absolute Gasteiger partial charge is 0.149 e. The zero-order valence-electron chi connectivity index (χ0n) is 8.51. The SMILES string of the molecule is CC(=O)[C@H](NC(C)(C)C)C(C)O. The van der Waals surface area contributed by atoms with Crippen molar-refractivity contribution in [3.05, 3.63) is 0 Å². The Balaban J connectivity index is 4.25. The zero-order chi connectivity index (χ0) is 9.94. The minimum Gasteiger partial charge on any atom is -0.391 e. The number of aliphatic hydroxyl groups is 1. The number of aliphatic hydroxyl groups excluding tert-OH is 1. The van der Waals surface area contributed by atoms with E-state index in [1.807, 2.05) is 20.8 Å². The van der Waals surface area contributed by atoms with Crippen molar-refractivity contribution in [1.82, 2.24) is 5.32 Å². The fraction of sp³-hybridized carbons (Fsp3) is 0.889. The van der Waals surface area contributed by atoms with E-state index in [0.29, 0.717) is 0 Å². The third-order valence-electron chi connectivity index (χ3n) is 1.51. The van der Waals surface area contributed by atoms with E-state index >= 15 is 0 Å². The third-order valence-corrected chi connectivity index (χ3v) is 1.51. The average molecular weight is 173 g/mol. The van der Waals surface area contributed by atoms with Crippen molar-refractivity contribution in [2.45, 2.75) is 52.3 Å². The van der Waals surface area contributed by atoms with Crippen LogP contribution in [0.1, 0.15) is 34.6 Å². The highest BCUT2D eigenvalue weighted by atomic mass is 16.3. The normalized spacial score (nSPS) is 17.2. The number of carbonyl (C=O) groups is 1. The first-order chi connectivity index (χ1) is 5.24. The second kappa shape index (κ2) is 4.01. The van der Waals surface area contributed by atoms with Gasteiger partial charge < -0.3 is 10.4 Å². The van der Waals surface area contributed by atoms with Crippen molar-refractivity contribution in [3.8, 4) is 0 Å². The van der Waals surface area contributed by atoms with Crippen LogP contribution in [0.15, 0.2) is 0 Å². The fourth-order valence-corrected chi connectivity index (χ4v) is 1.03. The Bertz CT molecular complexity index is 158. The van der Waals surface area contributed by atoms with Gasteiger partial charge in [0.15, 0.2) is 0 Å². The van der Waals surface area contributed by atoms with Crippen LogP contribution in [0.25, 0.3) is 0 Å². The average Bonchev–Trinajstić information content (AvgIpc) is 1.79. The Kier molecular flexibility index (Phi) is 3.87. The molecular weight excluding hydrogens is 154 g/mol. The van der Waals surface area contributed by atoms with E-state index in [1.54, 1.807) is 6.92 Å². The van der Waals surface area contributed by atoms with Gasteiger partial charge in [0.05, 0.1) is 12.1 Å². The van der Waals surface area contributed by atoms with Gasteiger partial charge in [-0.1, -0.05) is 0 Å². The summed E-state index contributed by atoms with van der Waals surface area (Å²) in [6, 6.07) is -0.454. The van der Waals surface area contributed by atoms with Gasteiger partial charge >= 0.3 is 0 Å². The van der Waals surface area contributed by atoms with Gasteiger partial charge in [0.2, 0.25) is 0 Å². The molecule has 2 N–H and O–H groups in total. The standard InChI is InChI=1S/C9H19NO2/c1-6(11)8(7(2)12)10-9(3,4)5/h6,8,10-11H,1-5H3/t6?,8-/m1/s1. The zero-order valence-corrected chi connectivity index (χ0v) is 8.51. The number of hydrogen-bond donors (Lipinski definition) is 2. The van der Waals surface area contributed by atoms with E-state index in [-0.39, 0.29) is 11.3 Å². The van der Waals surface area contributed by atoms with Crippen molar-refractivity contribution >= 4 is 5.78 Å². The molecule has 0 heterocycles. The summed E-state index contributed by atoms with van der Waals surface area (Å²) in [7, 11) is 0. The summed E-state index contributed by atoms with van der Waals surface area (Å²) < 4.78 is 0.